The molecule has 3 heteroatoms. The zero-order valence-electron chi connectivity index (χ0n) is 13.6. The molecule has 3 atom stereocenters. The third-order valence-corrected chi connectivity index (χ3v) is 5.35. The maximum absolute atomic E-state index is 12.4. The highest BCUT2D eigenvalue weighted by Gasteiger charge is 2.50. The second-order valence-corrected chi connectivity index (χ2v) is 6.93. The van der Waals surface area contributed by atoms with Crippen LogP contribution in [0.15, 0.2) is 30.3 Å². The molecule has 2 fully saturated rings. The molecule has 1 aliphatic heterocycles. The minimum Gasteiger partial charge on any atom is -0.336 e. The smallest absolute Gasteiger partial charge is 0.238 e. The van der Waals surface area contributed by atoms with Crippen molar-refractivity contribution in [3.8, 4) is 0 Å². The first-order valence-corrected chi connectivity index (χ1v) is 8.87. The number of rotatable bonds is 6. The predicted molar refractivity (Wildman–Crippen MR) is 89.4 cm³/mol. The van der Waals surface area contributed by atoms with Gasteiger partial charge in [0.1, 0.15) is 0 Å². The largest absolute Gasteiger partial charge is 0.336 e. The summed E-state index contributed by atoms with van der Waals surface area (Å²) in [4.78, 5) is 12.4. The lowest BCUT2D eigenvalue weighted by atomic mass is 9.91. The molecule has 1 aliphatic carbocycles. The third-order valence-electron chi connectivity index (χ3n) is 5.35. The van der Waals surface area contributed by atoms with E-state index in [4.69, 9.17) is 0 Å². The van der Waals surface area contributed by atoms with Crippen LogP contribution in [-0.4, -0.2) is 17.6 Å². The zero-order chi connectivity index (χ0) is 15.4. The predicted octanol–water partition coefficient (Wildman–Crippen LogP) is 3.39. The topological polar surface area (TPSA) is 41.1 Å². The first-order chi connectivity index (χ1) is 10.7. The van der Waals surface area contributed by atoms with Crippen LogP contribution in [0.5, 0.6) is 0 Å². The third kappa shape index (κ3) is 3.19. The lowest BCUT2D eigenvalue weighted by Gasteiger charge is -2.32. The normalized spacial score (nSPS) is 30.9. The van der Waals surface area contributed by atoms with Gasteiger partial charge < -0.3 is 5.32 Å². The van der Waals surface area contributed by atoms with Crippen molar-refractivity contribution in [2.45, 2.75) is 70.0 Å². The molecule has 3 nitrogen and oxygen atoms in total. The van der Waals surface area contributed by atoms with Crippen LogP contribution in [0.25, 0.3) is 0 Å². The molecule has 2 N–H and O–H groups in total. The highest BCUT2D eigenvalue weighted by atomic mass is 16.2. The van der Waals surface area contributed by atoms with Crippen molar-refractivity contribution in [3.05, 3.63) is 35.9 Å². The van der Waals surface area contributed by atoms with Gasteiger partial charge in [-0.2, -0.15) is 0 Å². The molecule has 3 rings (SSSR count). The summed E-state index contributed by atoms with van der Waals surface area (Å²) in [6, 6.07) is 10.2. The van der Waals surface area contributed by atoms with E-state index in [1.807, 2.05) is 18.2 Å². The fraction of sp³-hybridized carbons (Fsp3) is 0.632. The highest BCUT2D eigenvalue weighted by Crippen LogP contribution is 2.39. The molecule has 1 aromatic rings. The monoisotopic (exact) mass is 300 g/mol. The molecular formula is C19H28N2O. The van der Waals surface area contributed by atoms with Crippen molar-refractivity contribution in [1.29, 1.82) is 0 Å². The second kappa shape index (κ2) is 6.82. The maximum Gasteiger partial charge on any atom is 0.238 e. The average molecular weight is 300 g/mol. The highest BCUT2D eigenvalue weighted by molar-refractivity contribution is 5.85. The maximum atomic E-state index is 12.4. The number of carbonyl (C=O) groups is 1. The summed E-state index contributed by atoms with van der Waals surface area (Å²) in [5, 5.41) is 7.01. The standard InChI is InChI=1S/C19H28N2O/c1-2-3-5-11-16-12-8-13-19(16)20-17(18(22)21-19)14-15-9-6-4-7-10-15/h4,6-7,9-10,16-17,20H,2-3,5,8,11-14H2,1H3,(H,21,22)/t16?,17-,19?/m0/s1. The van der Waals surface area contributed by atoms with Crippen LogP contribution < -0.4 is 10.6 Å². The van der Waals surface area contributed by atoms with Gasteiger partial charge >= 0.3 is 0 Å². The van der Waals surface area contributed by atoms with Gasteiger partial charge in [0.2, 0.25) is 5.91 Å². The number of hydrogen-bond donors (Lipinski definition) is 2. The lowest BCUT2D eigenvalue weighted by molar-refractivity contribution is -0.121. The summed E-state index contributed by atoms with van der Waals surface area (Å²) in [7, 11) is 0. The summed E-state index contributed by atoms with van der Waals surface area (Å²) in [5.41, 5.74) is 1.11. The van der Waals surface area contributed by atoms with Crippen molar-refractivity contribution >= 4 is 5.91 Å². The SMILES string of the molecule is CCCCCC1CCCC12NC(=O)[C@H](Cc1ccccc1)N2. The molecule has 2 aliphatic rings. The summed E-state index contributed by atoms with van der Waals surface area (Å²) < 4.78 is 0. The van der Waals surface area contributed by atoms with Crippen LogP contribution in [0.1, 0.15) is 57.4 Å². The quantitative estimate of drug-likeness (QED) is 0.791. The van der Waals surface area contributed by atoms with Gasteiger partial charge in [-0.05, 0) is 43.6 Å². The first kappa shape index (κ1) is 15.5. The molecule has 1 spiro atoms. The van der Waals surface area contributed by atoms with E-state index in [-0.39, 0.29) is 17.6 Å². The van der Waals surface area contributed by atoms with Gasteiger partial charge in [0, 0.05) is 0 Å². The molecule has 0 radical (unpaired) electrons. The van der Waals surface area contributed by atoms with E-state index in [0.29, 0.717) is 5.92 Å². The Morgan fingerprint density at radius 3 is 2.82 bits per heavy atom. The van der Waals surface area contributed by atoms with Crippen LogP contribution in [0.2, 0.25) is 0 Å². The Morgan fingerprint density at radius 2 is 2.05 bits per heavy atom. The number of unbranched alkanes of at least 4 members (excludes halogenated alkanes) is 2. The first-order valence-electron chi connectivity index (χ1n) is 8.87. The lowest BCUT2D eigenvalue weighted by Crippen LogP contribution is -2.53. The molecule has 0 bridgehead atoms. The fourth-order valence-corrected chi connectivity index (χ4v) is 4.18. The van der Waals surface area contributed by atoms with Gasteiger partial charge in [-0.3, -0.25) is 10.1 Å². The van der Waals surface area contributed by atoms with Crippen molar-refractivity contribution < 1.29 is 4.79 Å². The summed E-state index contributed by atoms with van der Waals surface area (Å²) in [6.45, 7) is 2.25. The Balaban J connectivity index is 1.64. The Kier molecular flexibility index (Phi) is 4.82. The van der Waals surface area contributed by atoms with Gasteiger partial charge in [-0.25, -0.2) is 0 Å². The summed E-state index contributed by atoms with van der Waals surface area (Å²) in [6.07, 6.45) is 9.42. The molecule has 1 saturated carbocycles. The summed E-state index contributed by atoms with van der Waals surface area (Å²) in [5.74, 6) is 0.787. The van der Waals surface area contributed by atoms with Gasteiger partial charge in [0.25, 0.3) is 0 Å². The van der Waals surface area contributed by atoms with Crippen molar-refractivity contribution in [1.82, 2.24) is 10.6 Å². The van der Waals surface area contributed by atoms with Gasteiger partial charge in [0.05, 0.1) is 11.7 Å². The van der Waals surface area contributed by atoms with Crippen LogP contribution in [0, 0.1) is 5.92 Å². The van der Waals surface area contributed by atoms with Gasteiger partial charge in [0.15, 0.2) is 0 Å². The van der Waals surface area contributed by atoms with Crippen molar-refractivity contribution in [2.24, 2.45) is 5.92 Å². The molecule has 0 aromatic heterocycles. The van der Waals surface area contributed by atoms with E-state index < -0.39 is 0 Å². The summed E-state index contributed by atoms with van der Waals surface area (Å²) >= 11 is 0. The van der Waals surface area contributed by atoms with Crippen molar-refractivity contribution in [2.75, 3.05) is 0 Å². The van der Waals surface area contributed by atoms with E-state index >= 15 is 0 Å². The average Bonchev–Trinajstić information content (AvgIpc) is 3.05. The number of benzene rings is 1. The Bertz CT molecular complexity index is 501. The van der Waals surface area contributed by atoms with Crippen LogP contribution in [0.4, 0.5) is 0 Å². The van der Waals surface area contributed by atoms with E-state index in [0.717, 1.165) is 12.8 Å². The molecule has 1 aromatic carbocycles. The minimum atomic E-state index is -0.121. The van der Waals surface area contributed by atoms with Crippen LogP contribution in [-0.2, 0) is 11.2 Å². The van der Waals surface area contributed by atoms with E-state index in [2.05, 4.69) is 29.7 Å². The van der Waals surface area contributed by atoms with Crippen LogP contribution >= 0.6 is 0 Å². The van der Waals surface area contributed by atoms with Gasteiger partial charge in [-0.15, -0.1) is 0 Å². The molecule has 1 heterocycles. The molecule has 1 amide bonds. The Labute approximate surface area is 133 Å². The molecular weight excluding hydrogens is 272 g/mol. The Hall–Kier alpha value is -1.35. The van der Waals surface area contributed by atoms with Gasteiger partial charge in [-0.1, -0.05) is 56.5 Å². The number of amides is 1. The van der Waals surface area contributed by atoms with Crippen molar-refractivity contribution in [3.63, 3.8) is 0 Å². The fourth-order valence-electron chi connectivity index (χ4n) is 4.18. The van der Waals surface area contributed by atoms with E-state index in [1.165, 1.54) is 44.1 Å². The molecule has 2 unspecified atom stereocenters. The Morgan fingerprint density at radius 1 is 1.23 bits per heavy atom. The molecule has 1 saturated heterocycles. The van der Waals surface area contributed by atoms with E-state index in [9.17, 15) is 4.79 Å². The minimum absolute atomic E-state index is 0.0748. The zero-order valence-corrected chi connectivity index (χ0v) is 13.6. The second-order valence-electron chi connectivity index (χ2n) is 6.93. The number of carbonyl (C=O) groups excluding carboxylic acids is 1. The molecule has 22 heavy (non-hydrogen) atoms. The van der Waals surface area contributed by atoms with E-state index in [1.54, 1.807) is 0 Å². The van der Waals surface area contributed by atoms with Crippen LogP contribution in [0.3, 0.4) is 0 Å². The number of hydrogen-bond acceptors (Lipinski definition) is 2. The molecule has 120 valence electrons. The number of nitrogens with one attached hydrogen (secondary N) is 2.